The van der Waals surface area contributed by atoms with Gasteiger partial charge >= 0.3 is 5.97 Å². The van der Waals surface area contributed by atoms with Crippen LogP contribution in [0.15, 0.2) is 70.0 Å². The van der Waals surface area contributed by atoms with Crippen molar-refractivity contribution in [1.82, 2.24) is 4.98 Å². The Morgan fingerprint density at radius 1 is 1.24 bits per heavy atom. The monoisotopic (exact) mass is 353 g/mol. The van der Waals surface area contributed by atoms with Crippen LogP contribution in [0.3, 0.4) is 0 Å². The van der Waals surface area contributed by atoms with Gasteiger partial charge in [-0.1, -0.05) is 30.3 Å². The molecule has 25 heavy (non-hydrogen) atoms. The minimum absolute atomic E-state index is 0.173. The second-order valence-electron chi connectivity index (χ2n) is 4.99. The summed E-state index contributed by atoms with van der Waals surface area (Å²) >= 11 is 1.49. The van der Waals surface area contributed by atoms with Crippen LogP contribution in [0, 0.1) is 0 Å². The molecule has 0 bridgehead atoms. The van der Waals surface area contributed by atoms with Gasteiger partial charge in [-0.15, -0.1) is 16.5 Å². The van der Waals surface area contributed by atoms with Gasteiger partial charge in [-0.25, -0.2) is 9.78 Å². The summed E-state index contributed by atoms with van der Waals surface area (Å²) in [6, 6.07) is 14.1. The number of aliphatic hydroxyl groups excluding tert-OH is 1. The molecule has 0 aliphatic carbocycles. The number of carbonyl (C=O) groups is 1. The first-order chi connectivity index (χ1) is 12.2. The zero-order chi connectivity index (χ0) is 17.6. The Morgan fingerprint density at radius 2 is 2.04 bits per heavy atom. The molecule has 0 saturated heterocycles. The smallest absolute Gasteiger partial charge is 0.362 e. The lowest BCUT2D eigenvalue weighted by Crippen LogP contribution is -2.08. The lowest BCUT2D eigenvalue weighted by molar-refractivity contribution is -0.138. The van der Waals surface area contributed by atoms with Crippen molar-refractivity contribution in [1.29, 1.82) is 0 Å². The second-order valence-corrected chi connectivity index (χ2v) is 5.87. The second kappa shape index (κ2) is 7.67. The summed E-state index contributed by atoms with van der Waals surface area (Å²) in [5.74, 6) is -1.01. The van der Waals surface area contributed by atoms with Gasteiger partial charge in [0.15, 0.2) is 5.76 Å². The van der Waals surface area contributed by atoms with Crippen LogP contribution in [0.4, 0.5) is 5.69 Å². The third-order valence-electron chi connectivity index (χ3n) is 3.32. The molecule has 0 fully saturated rings. The van der Waals surface area contributed by atoms with Gasteiger partial charge in [-0.3, -0.25) is 0 Å². The SMILES string of the molecule is CCOC(=O)/C(N=Nc1ccc2ncsc2c1)=C(\O)c1ccccc1. The number of hydrogen-bond donors (Lipinski definition) is 1. The molecule has 0 saturated carbocycles. The van der Waals surface area contributed by atoms with Crippen LogP contribution >= 0.6 is 11.3 Å². The van der Waals surface area contributed by atoms with E-state index in [-0.39, 0.29) is 18.1 Å². The molecule has 2 aromatic carbocycles. The highest BCUT2D eigenvalue weighted by atomic mass is 32.1. The van der Waals surface area contributed by atoms with E-state index in [1.807, 2.05) is 18.2 Å². The Labute approximate surface area is 148 Å². The summed E-state index contributed by atoms with van der Waals surface area (Å²) < 4.78 is 5.94. The van der Waals surface area contributed by atoms with Crippen molar-refractivity contribution in [2.24, 2.45) is 10.2 Å². The van der Waals surface area contributed by atoms with E-state index in [0.29, 0.717) is 11.3 Å². The van der Waals surface area contributed by atoms with Crippen molar-refractivity contribution in [3.63, 3.8) is 0 Å². The lowest BCUT2D eigenvalue weighted by Gasteiger charge is -2.05. The van der Waals surface area contributed by atoms with E-state index in [4.69, 9.17) is 4.74 Å². The van der Waals surface area contributed by atoms with Gasteiger partial charge in [-0.2, -0.15) is 5.11 Å². The number of benzene rings is 2. The quantitative estimate of drug-likeness (QED) is 0.307. The number of esters is 1. The van der Waals surface area contributed by atoms with E-state index in [0.717, 1.165) is 10.2 Å². The van der Waals surface area contributed by atoms with Crippen LogP contribution in [0.25, 0.3) is 16.0 Å². The molecule has 1 N–H and O–H groups in total. The highest BCUT2D eigenvalue weighted by Gasteiger charge is 2.18. The molecule has 0 aliphatic rings. The first kappa shape index (κ1) is 16.8. The number of nitrogens with zero attached hydrogens (tertiary/aromatic N) is 3. The Morgan fingerprint density at radius 3 is 2.80 bits per heavy atom. The van der Waals surface area contributed by atoms with Gasteiger partial charge in [-0.05, 0) is 25.1 Å². The average molecular weight is 353 g/mol. The highest BCUT2D eigenvalue weighted by Crippen LogP contribution is 2.25. The number of thiazole rings is 1. The van der Waals surface area contributed by atoms with E-state index in [1.165, 1.54) is 11.3 Å². The topological polar surface area (TPSA) is 84.1 Å². The van der Waals surface area contributed by atoms with Gasteiger partial charge in [0.05, 0.1) is 28.0 Å². The average Bonchev–Trinajstić information content (AvgIpc) is 3.10. The van der Waals surface area contributed by atoms with Crippen molar-refractivity contribution >= 4 is 39.0 Å². The van der Waals surface area contributed by atoms with Crippen molar-refractivity contribution in [2.75, 3.05) is 6.61 Å². The fourth-order valence-corrected chi connectivity index (χ4v) is 2.84. The molecule has 1 heterocycles. The predicted octanol–water partition coefficient (Wildman–Crippen LogP) is 4.87. The maximum absolute atomic E-state index is 12.1. The van der Waals surface area contributed by atoms with Crippen LogP contribution in [0.2, 0.25) is 0 Å². The molecule has 0 unspecified atom stereocenters. The summed E-state index contributed by atoms with van der Waals surface area (Å²) in [7, 11) is 0. The molecule has 1 aromatic heterocycles. The molecule has 3 aromatic rings. The van der Waals surface area contributed by atoms with Gasteiger partial charge in [0.1, 0.15) is 0 Å². The molecular weight excluding hydrogens is 338 g/mol. The standard InChI is InChI=1S/C18H15N3O3S/c1-2-24-18(23)16(17(22)12-6-4-3-5-7-12)21-20-13-8-9-14-15(10-13)25-11-19-14/h3-11,22H,2H2,1H3/b17-16+,21-20?. The molecule has 0 aliphatic heterocycles. The molecule has 0 radical (unpaired) electrons. The molecule has 7 heteroatoms. The Bertz CT molecular complexity index is 948. The molecule has 0 spiro atoms. The minimum Gasteiger partial charge on any atom is -0.505 e. The van der Waals surface area contributed by atoms with Crippen molar-refractivity contribution in [3.8, 4) is 0 Å². The zero-order valence-electron chi connectivity index (χ0n) is 13.4. The van der Waals surface area contributed by atoms with Crippen LogP contribution in [-0.4, -0.2) is 22.7 Å². The third-order valence-corrected chi connectivity index (χ3v) is 4.11. The fraction of sp³-hybridized carbons (Fsp3) is 0.111. The summed E-state index contributed by atoms with van der Waals surface area (Å²) in [6.45, 7) is 1.86. The van der Waals surface area contributed by atoms with Crippen LogP contribution in [0.1, 0.15) is 12.5 Å². The molecule has 0 atom stereocenters. The van der Waals surface area contributed by atoms with Crippen molar-refractivity contribution in [3.05, 3.63) is 65.3 Å². The van der Waals surface area contributed by atoms with Crippen molar-refractivity contribution < 1.29 is 14.6 Å². The maximum Gasteiger partial charge on any atom is 0.362 e. The summed E-state index contributed by atoms with van der Waals surface area (Å²) in [5, 5.41) is 18.4. The first-order valence-electron chi connectivity index (χ1n) is 7.60. The van der Waals surface area contributed by atoms with Gasteiger partial charge < -0.3 is 9.84 Å². The molecule has 6 nitrogen and oxygen atoms in total. The van der Waals surface area contributed by atoms with E-state index in [2.05, 4.69) is 15.2 Å². The van der Waals surface area contributed by atoms with Crippen LogP contribution in [-0.2, 0) is 9.53 Å². The summed E-state index contributed by atoms with van der Waals surface area (Å²) in [4.78, 5) is 16.3. The van der Waals surface area contributed by atoms with Crippen LogP contribution < -0.4 is 0 Å². The van der Waals surface area contributed by atoms with Gasteiger partial charge in [0, 0.05) is 5.56 Å². The Balaban J connectivity index is 1.98. The van der Waals surface area contributed by atoms with E-state index in [1.54, 1.807) is 42.8 Å². The number of fused-ring (bicyclic) bond motifs is 1. The summed E-state index contributed by atoms with van der Waals surface area (Å²) in [6.07, 6.45) is 0. The number of rotatable bonds is 5. The number of aromatic nitrogens is 1. The number of azo groups is 1. The summed E-state index contributed by atoms with van der Waals surface area (Å²) in [5.41, 5.74) is 3.40. The number of ether oxygens (including phenoxy) is 1. The van der Waals surface area contributed by atoms with E-state index < -0.39 is 5.97 Å². The number of aliphatic hydroxyl groups is 1. The normalized spacial score (nSPS) is 12.4. The first-order valence-corrected chi connectivity index (χ1v) is 8.47. The number of carbonyl (C=O) groups excluding carboxylic acids is 1. The van der Waals surface area contributed by atoms with Crippen LogP contribution in [0.5, 0.6) is 0 Å². The van der Waals surface area contributed by atoms with Gasteiger partial charge in [0.25, 0.3) is 0 Å². The lowest BCUT2D eigenvalue weighted by atomic mass is 10.1. The van der Waals surface area contributed by atoms with Crippen molar-refractivity contribution in [2.45, 2.75) is 6.92 Å². The Hall–Kier alpha value is -3.06. The molecule has 126 valence electrons. The predicted molar refractivity (Wildman–Crippen MR) is 96.8 cm³/mol. The molecular formula is C18H15N3O3S. The minimum atomic E-state index is -0.730. The van der Waals surface area contributed by atoms with E-state index >= 15 is 0 Å². The number of hydrogen-bond acceptors (Lipinski definition) is 7. The largest absolute Gasteiger partial charge is 0.505 e. The zero-order valence-corrected chi connectivity index (χ0v) is 14.2. The van der Waals surface area contributed by atoms with E-state index in [9.17, 15) is 9.90 Å². The molecule has 0 amide bonds. The maximum atomic E-state index is 12.1. The highest BCUT2D eigenvalue weighted by molar-refractivity contribution is 7.16. The molecule has 3 rings (SSSR count). The third kappa shape index (κ3) is 3.89. The van der Waals surface area contributed by atoms with Gasteiger partial charge in [0.2, 0.25) is 5.70 Å². The Kier molecular flexibility index (Phi) is 5.15. The fourth-order valence-electron chi connectivity index (χ4n) is 2.13.